The molecule has 0 unspecified atom stereocenters. The number of carbonyl (C=O) groups is 2. The highest BCUT2D eigenvalue weighted by atomic mass is 35.5. The topological polar surface area (TPSA) is 87.1 Å². The average molecular weight is 511 g/mol. The molecule has 1 aromatic heterocycles. The first-order valence-electron chi connectivity index (χ1n) is 11.1. The Labute approximate surface area is 208 Å². The minimum Gasteiger partial charge on any atom is -0.493 e. The van der Waals surface area contributed by atoms with E-state index in [1.807, 2.05) is 27.7 Å². The van der Waals surface area contributed by atoms with Gasteiger partial charge in [0.05, 0.1) is 35.5 Å². The minimum atomic E-state index is -0.584. The van der Waals surface area contributed by atoms with Crippen LogP contribution < -0.4 is 24.2 Å². The van der Waals surface area contributed by atoms with Crippen LogP contribution in [0.2, 0.25) is 5.02 Å². The quantitative estimate of drug-likeness (QED) is 0.456. The van der Waals surface area contributed by atoms with E-state index in [2.05, 4.69) is 0 Å². The van der Waals surface area contributed by atoms with Crippen molar-refractivity contribution in [3.8, 4) is 11.5 Å². The maximum absolute atomic E-state index is 13.2. The van der Waals surface area contributed by atoms with Crippen LogP contribution in [-0.4, -0.2) is 54.3 Å². The summed E-state index contributed by atoms with van der Waals surface area (Å²) in [7, 11) is 1.51. The van der Waals surface area contributed by atoms with Gasteiger partial charge in [-0.1, -0.05) is 11.6 Å². The van der Waals surface area contributed by atoms with Crippen LogP contribution in [0.1, 0.15) is 40.2 Å². The highest BCUT2D eigenvalue weighted by Crippen LogP contribution is 2.37. The lowest BCUT2D eigenvalue weighted by molar-refractivity contribution is -0.135. The van der Waals surface area contributed by atoms with Gasteiger partial charge in [-0.2, -0.15) is 0 Å². The van der Waals surface area contributed by atoms with Crippen LogP contribution in [0.3, 0.4) is 0 Å². The Hall–Kier alpha value is -2.78. The molecule has 186 valence electrons. The van der Waals surface area contributed by atoms with Gasteiger partial charge in [0.2, 0.25) is 5.91 Å². The predicted octanol–water partition coefficient (Wildman–Crippen LogP) is 2.40. The number of rotatable bonds is 10. The van der Waals surface area contributed by atoms with E-state index in [4.69, 9.17) is 25.8 Å². The van der Waals surface area contributed by atoms with Gasteiger partial charge in [0, 0.05) is 13.1 Å². The first-order valence-corrected chi connectivity index (χ1v) is 12.3. The number of likely N-dealkylation sites (N-methyl/N-ethyl adjacent to an activating group) is 1. The lowest BCUT2D eigenvalue weighted by Gasteiger charge is -2.18. The van der Waals surface area contributed by atoms with Gasteiger partial charge in [0.15, 0.2) is 11.5 Å². The van der Waals surface area contributed by atoms with Crippen molar-refractivity contribution in [2.24, 2.45) is 0 Å². The standard InChI is InChI=1S/C24H31ClN2O6S/c1-7-26(8-2)20(28)14-27-21(13-22(29)32-9-3)34-19(24(27)30)12-16-10-17(25)23(33-15(4)5)18(11-16)31-6/h10-13,15H,7-9,14H2,1-6H3/b19-12-,21-13-. The number of hydrogen-bond donors (Lipinski definition) is 0. The largest absolute Gasteiger partial charge is 0.493 e. The number of nitrogens with zero attached hydrogens (tertiary/aromatic N) is 2. The third-order valence-corrected chi connectivity index (χ3v) is 6.12. The van der Waals surface area contributed by atoms with Crippen molar-refractivity contribution in [3.05, 3.63) is 42.3 Å². The molecular weight excluding hydrogens is 480 g/mol. The number of amides is 1. The molecule has 0 aliphatic carbocycles. The second kappa shape index (κ2) is 12.6. The first kappa shape index (κ1) is 27.5. The summed E-state index contributed by atoms with van der Waals surface area (Å²) >= 11 is 7.51. The molecule has 0 radical (unpaired) electrons. The number of methoxy groups -OCH3 is 1. The summed E-state index contributed by atoms with van der Waals surface area (Å²) in [6.45, 7) is 10.3. The van der Waals surface area contributed by atoms with Gasteiger partial charge in [-0.25, -0.2) is 4.79 Å². The van der Waals surface area contributed by atoms with E-state index in [9.17, 15) is 14.4 Å². The summed E-state index contributed by atoms with van der Waals surface area (Å²) in [6, 6.07) is 3.38. The van der Waals surface area contributed by atoms with E-state index >= 15 is 0 Å². The molecule has 0 atom stereocenters. The van der Waals surface area contributed by atoms with Crippen molar-refractivity contribution < 1.29 is 23.8 Å². The van der Waals surface area contributed by atoms with Crippen molar-refractivity contribution in [2.75, 3.05) is 26.8 Å². The van der Waals surface area contributed by atoms with Gasteiger partial charge in [0.25, 0.3) is 5.56 Å². The highest BCUT2D eigenvalue weighted by Gasteiger charge is 2.16. The number of ether oxygens (including phenoxy) is 3. The highest BCUT2D eigenvalue weighted by molar-refractivity contribution is 7.07. The summed E-state index contributed by atoms with van der Waals surface area (Å²) in [4.78, 5) is 39.6. The van der Waals surface area contributed by atoms with E-state index in [1.54, 1.807) is 30.0 Å². The fraction of sp³-hybridized carbons (Fsp3) is 0.458. The molecule has 2 rings (SSSR count). The Morgan fingerprint density at radius 1 is 1.21 bits per heavy atom. The van der Waals surface area contributed by atoms with Crippen molar-refractivity contribution in [1.82, 2.24) is 9.47 Å². The lowest BCUT2D eigenvalue weighted by Crippen LogP contribution is -2.40. The second-order valence-electron chi connectivity index (χ2n) is 7.50. The van der Waals surface area contributed by atoms with Gasteiger partial charge in [-0.15, -0.1) is 11.3 Å². The number of halogens is 1. The zero-order valence-corrected chi connectivity index (χ0v) is 21.9. The minimum absolute atomic E-state index is 0.102. The van der Waals surface area contributed by atoms with Crippen molar-refractivity contribution in [1.29, 1.82) is 0 Å². The molecule has 1 amide bonds. The number of hydrogen-bond acceptors (Lipinski definition) is 7. The average Bonchev–Trinajstić information content (AvgIpc) is 3.04. The van der Waals surface area contributed by atoms with E-state index in [1.165, 1.54) is 17.8 Å². The summed E-state index contributed by atoms with van der Waals surface area (Å²) in [6.07, 6.45) is 2.77. The van der Waals surface area contributed by atoms with Crippen LogP contribution in [0.4, 0.5) is 0 Å². The summed E-state index contributed by atoms with van der Waals surface area (Å²) < 4.78 is 18.1. The Kier molecular flexibility index (Phi) is 10.2. The molecule has 0 saturated heterocycles. The van der Waals surface area contributed by atoms with Gasteiger partial charge in [0.1, 0.15) is 11.2 Å². The molecule has 0 N–H and O–H groups in total. The SMILES string of the molecule is CCOC(=O)/C=c1\s/c(=C\c2cc(Cl)c(OC(C)C)c(OC)c2)c(=O)n1CC(=O)N(CC)CC. The third kappa shape index (κ3) is 6.87. The summed E-state index contributed by atoms with van der Waals surface area (Å²) in [5.41, 5.74) is 0.222. The zero-order chi connectivity index (χ0) is 25.4. The molecule has 0 bridgehead atoms. The van der Waals surface area contributed by atoms with E-state index in [0.29, 0.717) is 44.4 Å². The Morgan fingerprint density at radius 3 is 2.44 bits per heavy atom. The van der Waals surface area contributed by atoms with Crippen LogP contribution in [0, 0.1) is 0 Å². The van der Waals surface area contributed by atoms with Crippen LogP contribution in [0.25, 0.3) is 12.2 Å². The van der Waals surface area contributed by atoms with Crippen LogP contribution in [-0.2, 0) is 20.9 Å². The van der Waals surface area contributed by atoms with Crippen LogP contribution >= 0.6 is 22.9 Å². The molecule has 8 nitrogen and oxygen atoms in total. The molecule has 34 heavy (non-hydrogen) atoms. The van der Waals surface area contributed by atoms with Gasteiger partial charge >= 0.3 is 5.97 Å². The van der Waals surface area contributed by atoms with Crippen LogP contribution in [0.15, 0.2) is 16.9 Å². The maximum atomic E-state index is 13.2. The number of thiazole rings is 1. The molecule has 0 aliphatic rings. The molecular formula is C24H31ClN2O6S. The molecule has 10 heteroatoms. The summed E-state index contributed by atoms with van der Waals surface area (Å²) in [5, 5.41) is 0.339. The fourth-order valence-corrected chi connectivity index (χ4v) is 4.51. The number of benzene rings is 1. The molecule has 2 aromatic rings. The molecule has 0 spiro atoms. The second-order valence-corrected chi connectivity index (χ2v) is 8.97. The van der Waals surface area contributed by atoms with Crippen molar-refractivity contribution in [2.45, 2.75) is 47.3 Å². The number of aromatic nitrogens is 1. The fourth-order valence-electron chi connectivity index (χ4n) is 3.21. The third-order valence-electron chi connectivity index (χ3n) is 4.78. The van der Waals surface area contributed by atoms with Gasteiger partial charge in [-0.3, -0.25) is 14.2 Å². The van der Waals surface area contributed by atoms with Crippen molar-refractivity contribution >= 4 is 47.0 Å². The number of esters is 1. The summed E-state index contributed by atoms with van der Waals surface area (Å²) in [5.74, 6) is 0.0505. The monoisotopic (exact) mass is 510 g/mol. The van der Waals surface area contributed by atoms with Crippen molar-refractivity contribution in [3.63, 3.8) is 0 Å². The Morgan fingerprint density at radius 2 is 1.88 bits per heavy atom. The van der Waals surface area contributed by atoms with E-state index in [0.717, 1.165) is 11.3 Å². The normalized spacial score (nSPS) is 12.2. The Bertz CT molecular complexity index is 1200. The first-order chi connectivity index (χ1) is 16.1. The molecule has 1 heterocycles. The molecule has 0 fully saturated rings. The molecule has 0 aliphatic heterocycles. The predicted molar refractivity (Wildman–Crippen MR) is 134 cm³/mol. The van der Waals surface area contributed by atoms with Crippen LogP contribution in [0.5, 0.6) is 11.5 Å². The zero-order valence-electron chi connectivity index (χ0n) is 20.3. The smallest absolute Gasteiger partial charge is 0.333 e. The molecule has 0 saturated carbocycles. The van der Waals surface area contributed by atoms with Gasteiger partial charge < -0.3 is 19.1 Å². The number of carbonyl (C=O) groups excluding carboxylic acids is 2. The molecule has 1 aromatic carbocycles. The maximum Gasteiger partial charge on any atom is 0.333 e. The Balaban J connectivity index is 2.65. The lowest BCUT2D eigenvalue weighted by atomic mass is 10.2. The van der Waals surface area contributed by atoms with Gasteiger partial charge in [-0.05, 0) is 58.4 Å². The van der Waals surface area contributed by atoms with E-state index < -0.39 is 11.5 Å². The van der Waals surface area contributed by atoms with E-state index in [-0.39, 0.29) is 25.2 Å².